The molecule has 0 amide bonds. The summed E-state index contributed by atoms with van der Waals surface area (Å²) in [4.78, 5) is 10.9. The van der Waals surface area contributed by atoms with Gasteiger partial charge in [-0.1, -0.05) is 12.1 Å². The first kappa shape index (κ1) is 11.8. The number of hydrogen-bond donors (Lipinski definition) is 0. The van der Waals surface area contributed by atoms with Crippen LogP contribution in [-0.4, -0.2) is 11.9 Å². The molecule has 0 bridgehead atoms. The van der Waals surface area contributed by atoms with E-state index in [4.69, 9.17) is 11.6 Å². The molecule has 0 N–H and O–H groups in total. The van der Waals surface area contributed by atoms with Crippen LogP contribution in [0.4, 0.5) is 8.78 Å². The second-order valence-corrected chi connectivity index (χ2v) is 3.72. The number of ether oxygens (including phenoxy) is 1. The van der Waals surface area contributed by atoms with E-state index in [2.05, 4.69) is 4.74 Å². The van der Waals surface area contributed by atoms with E-state index in [1.165, 1.54) is 18.2 Å². The molecule has 0 spiro atoms. The molecule has 0 aliphatic heterocycles. The van der Waals surface area contributed by atoms with Gasteiger partial charge in [0.2, 0.25) is 0 Å². The minimum absolute atomic E-state index is 0.0810. The number of carbonyl (C=O) groups excluding carboxylic acids is 1. The Kier molecular flexibility index (Phi) is 3.24. The standard InChI is InChI=1S/C12H7ClF2O2/c13-11(16)9-2-1-8-6-10(17-12(14)15)4-3-7(8)5-9/h1-6,12H. The van der Waals surface area contributed by atoms with E-state index in [0.717, 1.165) is 5.39 Å². The Labute approximate surface area is 101 Å². The quantitative estimate of drug-likeness (QED) is 0.781. The SMILES string of the molecule is O=C(Cl)c1ccc2cc(OC(F)F)ccc2c1. The summed E-state index contributed by atoms with van der Waals surface area (Å²) in [6.45, 7) is -2.85. The van der Waals surface area contributed by atoms with Crippen molar-refractivity contribution >= 4 is 27.6 Å². The van der Waals surface area contributed by atoms with Crippen LogP contribution in [0.25, 0.3) is 10.8 Å². The van der Waals surface area contributed by atoms with Crippen LogP contribution in [0, 0.1) is 0 Å². The molecule has 0 unspecified atom stereocenters. The summed E-state index contributed by atoms with van der Waals surface area (Å²) in [5, 5.41) is 0.878. The van der Waals surface area contributed by atoms with Crippen LogP contribution in [0.15, 0.2) is 36.4 Å². The van der Waals surface area contributed by atoms with Gasteiger partial charge >= 0.3 is 6.61 Å². The van der Waals surface area contributed by atoms with Crippen molar-refractivity contribution in [2.24, 2.45) is 0 Å². The predicted molar refractivity (Wildman–Crippen MR) is 60.8 cm³/mol. The molecule has 5 heteroatoms. The molecule has 0 aromatic heterocycles. The summed E-state index contributed by atoms with van der Waals surface area (Å²) in [7, 11) is 0. The fourth-order valence-electron chi connectivity index (χ4n) is 1.52. The van der Waals surface area contributed by atoms with Gasteiger partial charge in [-0.2, -0.15) is 8.78 Å². The molecule has 17 heavy (non-hydrogen) atoms. The second-order valence-electron chi connectivity index (χ2n) is 3.38. The van der Waals surface area contributed by atoms with Crippen molar-refractivity contribution in [1.29, 1.82) is 0 Å². The predicted octanol–water partition coefficient (Wildman–Crippen LogP) is 3.82. The van der Waals surface area contributed by atoms with Gasteiger partial charge in [0.05, 0.1) is 0 Å². The summed E-state index contributed by atoms with van der Waals surface area (Å²) in [5.74, 6) is 0.0810. The lowest BCUT2D eigenvalue weighted by Crippen LogP contribution is -2.01. The third kappa shape index (κ3) is 2.71. The van der Waals surface area contributed by atoms with Crippen LogP contribution in [0.5, 0.6) is 5.75 Å². The highest BCUT2D eigenvalue weighted by Gasteiger charge is 2.06. The van der Waals surface area contributed by atoms with Gasteiger partial charge in [-0.3, -0.25) is 4.79 Å². The van der Waals surface area contributed by atoms with Crippen molar-refractivity contribution in [2.75, 3.05) is 0 Å². The summed E-state index contributed by atoms with van der Waals surface area (Å²) in [6, 6.07) is 9.24. The highest BCUT2D eigenvalue weighted by atomic mass is 35.5. The van der Waals surface area contributed by atoms with Crippen LogP contribution in [0.3, 0.4) is 0 Å². The van der Waals surface area contributed by atoms with E-state index in [1.807, 2.05) is 0 Å². The summed E-state index contributed by atoms with van der Waals surface area (Å²) in [6.07, 6.45) is 0. The fraction of sp³-hybridized carbons (Fsp3) is 0.0833. The van der Waals surface area contributed by atoms with Crippen LogP contribution in [0.1, 0.15) is 10.4 Å². The Balaban J connectivity index is 2.43. The number of fused-ring (bicyclic) bond motifs is 1. The molecule has 0 aliphatic rings. The summed E-state index contributed by atoms with van der Waals surface area (Å²) >= 11 is 5.34. The maximum atomic E-state index is 12.0. The molecule has 0 heterocycles. The molecule has 0 radical (unpaired) electrons. The fourth-order valence-corrected chi connectivity index (χ4v) is 1.64. The number of rotatable bonds is 3. The molecule has 0 saturated heterocycles. The zero-order valence-electron chi connectivity index (χ0n) is 8.49. The van der Waals surface area contributed by atoms with Gasteiger partial charge in [-0.05, 0) is 46.6 Å². The molecule has 0 fully saturated rings. The smallest absolute Gasteiger partial charge is 0.387 e. The summed E-state index contributed by atoms with van der Waals surface area (Å²) in [5.41, 5.74) is 0.363. The van der Waals surface area contributed by atoms with Gasteiger partial charge in [0.25, 0.3) is 5.24 Å². The van der Waals surface area contributed by atoms with Gasteiger partial charge in [-0.25, -0.2) is 0 Å². The molecule has 0 saturated carbocycles. The van der Waals surface area contributed by atoms with Gasteiger partial charge in [0, 0.05) is 5.56 Å². The van der Waals surface area contributed by atoms with Crippen LogP contribution < -0.4 is 4.74 Å². The number of halogens is 3. The maximum Gasteiger partial charge on any atom is 0.387 e. The Hall–Kier alpha value is -1.68. The number of alkyl halides is 2. The molecule has 2 nitrogen and oxygen atoms in total. The van der Waals surface area contributed by atoms with E-state index in [-0.39, 0.29) is 5.75 Å². The number of benzene rings is 2. The van der Waals surface area contributed by atoms with E-state index < -0.39 is 11.9 Å². The number of hydrogen-bond acceptors (Lipinski definition) is 2. The Morgan fingerprint density at radius 2 is 1.76 bits per heavy atom. The lowest BCUT2D eigenvalue weighted by atomic mass is 10.1. The van der Waals surface area contributed by atoms with Gasteiger partial charge in [0.1, 0.15) is 5.75 Å². The zero-order chi connectivity index (χ0) is 12.4. The van der Waals surface area contributed by atoms with Crippen molar-refractivity contribution in [3.8, 4) is 5.75 Å². The largest absolute Gasteiger partial charge is 0.435 e. The molecular formula is C12H7ClF2O2. The normalized spacial score (nSPS) is 10.8. The molecule has 2 rings (SSSR count). The first-order valence-electron chi connectivity index (χ1n) is 4.75. The third-order valence-corrected chi connectivity index (χ3v) is 2.48. The molecule has 2 aromatic carbocycles. The average Bonchev–Trinajstić information content (AvgIpc) is 2.27. The van der Waals surface area contributed by atoms with Crippen molar-refractivity contribution in [3.63, 3.8) is 0 Å². The summed E-state index contributed by atoms with van der Waals surface area (Å²) < 4.78 is 28.3. The van der Waals surface area contributed by atoms with E-state index in [0.29, 0.717) is 10.9 Å². The average molecular weight is 257 g/mol. The Bertz CT molecular complexity index is 569. The Morgan fingerprint density at radius 3 is 2.41 bits per heavy atom. The van der Waals surface area contributed by atoms with Gasteiger partial charge < -0.3 is 4.74 Å². The molecule has 88 valence electrons. The lowest BCUT2D eigenvalue weighted by Gasteiger charge is -2.06. The first-order valence-corrected chi connectivity index (χ1v) is 5.12. The van der Waals surface area contributed by atoms with Crippen LogP contribution >= 0.6 is 11.6 Å². The van der Waals surface area contributed by atoms with Crippen LogP contribution in [0.2, 0.25) is 0 Å². The molecular weight excluding hydrogens is 250 g/mol. The lowest BCUT2D eigenvalue weighted by molar-refractivity contribution is -0.0497. The monoisotopic (exact) mass is 256 g/mol. The van der Waals surface area contributed by atoms with Crippen molar-refractivity contribution < 1.29 is 18.3 Å². The van der Waals surface area contributed by atoms with E-state index in [1.54, 1.807) is 18.2 Å². The van der Waals surface area contributed by atoms with Crippen molar-refractivity contribution in [1.82, 2.24) is 0 Å². The maximum absolute atomic E-state index is 12.0. The van der Waals surface area contributed by atoms with Crippen LogP contribution in [-0.2, 0) is 0 Å². The second kappa shape index (κ2) is 4.67. The van der Waals surface area contributed by atoms with Gasteiger partial charge in [0.15, 0.2) is 0 Å². The molecule has 2 aromatic rings. The minimum atomic E-state index is -2.85. The van der Waals surface area contributed by atoms with Crippen molar-refractivity contribution in [2.45, 2.75) is 6.61 Å². The van der Waals surface area contributed by atoms with Crippen molar-refractivity contribution in [3.05, 3.63) is 42.0 Å². The first-order chi connectivity index (χ1) is 8.06. The zero-order valence-corrected chi connectivity index (χ0v) is 9.25. The minimum Gasteiger partial charge on any atom is -0.435 e. The highest BCUT2D eigenvalue weighted by molar-refractivity contribution is 6.67. The Morgan fingerprint density at radius 1 is 1.12 bits per heavy atom. The topological polar surface area (TPSA) is 26.3 Å². The highest BCUT2D eigenvalue weighted by Crippen LogP contribution is 2.23. The number of carbonyl (C=O) groups is 1. The van der Waals surface area contributed by atoms with Gasteiger partial charge in [-0.15, -0.1) is 0 Å². The van der Waals surface area contributed by atoms with E-state index >= 15 is 0 Å². The molecule has 0 atom stereocenters. The van der Waals surface area contributed by atoms with E-state index in [9.17, 15) is 13.6 Å². The third-order valence-electron chi connectivity index (χ3n) is 2.26. The molecule has 0 aliphatic carbocycles.